The first-order valence-corrected chi connectivity index (χ1v) is 7.12. The molecule has 0 spiro atoms. The van der Waals surface area contributed by atoms with E-state index < -0.39 is 0 Å². The molecule has 0 saturated heterocycles. The van der Waals surface area contributed by atoms with Crippen molar-refractivity contribution in [3.8, 4) is 0 Å². The van der Waals surface area contributed by atoms with Crippen LogP contribution in [0.4, 0.5) is 10.1 Å². The number of anilines is 1. The van der Waals surface area contributed by atoms with Gasteiger partial charge in [0.15, 0.2) is 0 Å². The van der Waals surface area contributed by atoms with Crippen molar-refractivity contribution in [3.05, 3.63) is 29.6 Å². The highest BCUT2D eigenvalue weighted by Crippen LogP contribution is 2.35. The first-order valence-electron chi connectivity index (χ1n) is 7.12. The molecule has 2 rings (SSSR count). The fourth-order valence-electron chi connectivity index (χ4n) is 2.39. The number of methoxy groups -OCH3 is 1. The van der Waals surface area contributed by atoms with Gasteiger partial charge in [-0.1, -0.05) is 12.1 Å². The van der Waals surface area contributed by atoms with E-state index >= 15 is 0 Å². The number of hydrogen-bond donors (Lipinski definition) is 2. The van der Waals surface area contributed by atoms with E-state index in [1.165, 1.54) is 6.07 Å². The van der Waals surface area contributed by atoms with Crippen LogP contribution in [0.3, 0.4) is 0 Å². The van der Waals surface area contributed by atoms with Crippen LogP contribution < -0.4 is 10.2 Å². The average molecular weight is 282 g/mol. The molecule has 1 aromatic rings. The van der Waals surface area contributed by atoms with Gasteiger partial charge in [0.05, 0.1) is 18.9 Å². The van der Waals surface area contributed by atoms with E-state index in [0.29, 0.717) is 31.4 Å². The minimum atomic E-state index is -0.212. The number of hydrogen-bond acceptors (Lipinski definition) is 4. The summed E-state index contributed by atoms with van der Waals surface area (Å²) in [4.78, 5) is 2.00. The fraction of sp³-hybridized carbons (Fsp3) is 0.600. The highest BCUT2D eigenvalue weighted by molar-refractivity contribution is 5.56. The van der Waals surface area contributed by atoms with E-state index in [2.05, 4.69) is 5.32 Å². The molecule has 0 radical (unpaired) electrons. The summed E-state index contributed by atoms with van der Waals surface area (Å²) in [6.07, 6.45) is 2.15. The van der Waals surface area contributed by atoms with Crippen molar-refractivity contribution >= 4 is 5.69 Å². The van der Waals surface area contributed by atoms with E-state index in [1.54, 1.807) is 13.2 Å². The maximum atomic E-state index is 14.2. The van der Waals surface area contributed by atoms with Crippen molar-refractivity contribution < 1.29 is 14.2 Å². The van der Waals surface area contributed by atoms with Crippen LogP contribution in [0.5, 0.6) is 0 Å². The molecule has 20 heavy (non-hydrogen) atoms. The Kier molecular flexibility index (Phi) is 5.76. The highest BCUT2D eigenvalue weighted by Gasteiger charge is 2.31. The Bertz CT molecular complexity index is 424. The third kappa shape index (κ3) is 3.91. The Morgan fingerprint density at radius 2 is 2.25 bits per heavy atom. The van der Waals surface area contributed by atoms with Gasteiger partial charge in [-0.3, -0.25) is 0 Å². The molecule has 4 nitrogen and oxygen atoms in total. The summed E-state index contributed by atoms with van der Waals surface area (Å²) in [7, 11) is 1.66. The Morgan fingerprint density at radius 3 is 2.90 bits per heavy atom. The fourth-order valence-corrected chi connectivity index (χ4v) is 2.39. The zero-order valence-electron chi connectivity index (χ0n) is 11.9. The molecular weight excluding hydrogens is 259 g/mol. The third-order valence-corrected chi connectivity index (χ3v) is 3.48. The smallest absolute Gasteiger partial charge is 0.146 e. The van der Waals surface area contributed by atoms with E-state index in [9.17, 15) is 9.50 Å². The van der Waals surface area contributed by atoms with Crippen LogP contribution in [0.1, 0.15) is 18.4 Å². The second-order valence-corrected chi connectivity index (χ2v) is 5.07. The second kappa shape index (κ2) is 7.57. The zero-order valence-corrected chi connectivity index (χ0v) is 11.9. The summed E-state index contributed by atoms with van der Waals surface area (Å²) >= 11 is 0. The Labute approximate surface area is 119 Å². The number of rotatable bonds is 9. The van der Waals surface area contributed by atoms with Gasteiger partial charge >= 0.3 is 0 Å². The lowest BCUT2D eigenvalue weighted by molar-refractivity contribution is 0.199. The highest BCUT2D eigenvalue weighted by atomic mass is 19.1. The van der Waals surface area contributed by atoms with Crippen molar-refractivity contribution in [1.29, 1.82) is 0 Å². The number of ether oxygens (including phenoxy) is 1. The topological polar surface area (TPSA) is 44.7 Å². The molecule has 0 unspecified atom stereocenters. The number of nitrogens with one attached hydrogen (secondary N) is 1. The molecule has 1 fully saturated rings. The monoisotopic (exact) mass is 282 g/mol. The molecule has 0 bridgehead atoms. The first kappa shape index (κ1) is 15.2. The van der Waals surface area contributed by atoms with Crippen LogP contribution >= 0.6 is 0 Å². The number of halogens is 1. The number of para-hydroxylation sites is 1. The average Bonchev–Trinajstić information content (AvgIpc) is 3.26. The van der Waals surface area contributed by atoms with E-state index in [1.807, 2.05) is 11.0 Å². The molecule has 0 aromatic heterocycles. The summed E-state index contributed by atoms with van der Waals surface area (Å²) < 4.78 is 19.2. The predicted octanol–water partition coefficient (Wildman–Crippen LogP) is 1.52. The van der Waals surface area contributed by atoms with Gasteiger partial charge in [-0.15, -0.1) is 0 Å². The molecular formula is C15H23FN2O2. The Balaban J connectivity index is 2.12. The molecule has 0 aliphatic heterocycles. The van der Waals surface area contributed by atoms with Crippen molar-refractivity contribution in [1.82, 2.24) is 5.32 Å². The van der Waals surface area contributed by atoms with Crippen LogP contribution in [0.25, 0.3) is 0 Å². The predicted molar refractivity (Wildman–Crippen MR) is 77.4 cm³/mol. The number of benzene rings is 1. The Hall–Kier alpha value is -1.17. The third-order valence-electron chi connectivity index (χ3n) is 3.48. The van der Waals surface area contributed by atoms with Crippen molar-refractivity contribution in [3.63, 3.8) is 0 Å². The summed E-state index contributed by atoms with van der Waals surface area (Å²) in [5.74, 6) is -0.212. The lowest BCUT2D eigenvalue weighted by atomic mass is 10.1. The number of aliphatic hydroxyl groups excluding tert-OH is 1. The lowest BCUT2D eigenvalue weighted by Gasteiger charge is -2.27. The Morgan fingerprint density at radius 1 is 1.45 bits per heavy atom. The van der Waals surface area contributed by atoms with Crippen LogP contribution in [0.2, 0.25) is 0 Å². The molecule has 1 saturated carbocycles. The van der Waals surface area contributed by atoms with Gasteiger partial charge in [0.2, 0.25) is 0 Å². The van der Waals surface area contributed by atoms with E-state index in [-0.39, 0.29) is 12.4 Å². The molecule has 1 aromatic carbocycles. The van der Waals surface area contributed by atoms with Crippen molar-refractivity contribution in [2.75, 3.05) is 38.3 Å². The van der Waals surface area contributed by atoms with Gasteiger partial charge in [0.1, 0.15) is 5.82 Å². The molecule has 1 aliphatic rings. The standard InChI is InChI=1S/C15H23FN2O2/c1-20-10-7-17-11-12-3-2-4-14(16)15(12)18(8-9-19)13-5-6-13/h2-4,13,17,19H,5-11H2,1H3. The maximum Gasteiger partial charge on any atom is 0.146 e. The lowest BCUT2D eigenvalue weighted by Crippen LogP contribution is -2.31. The molecule has 112 valence electrons. The largest absolute Gasteiger partial charge is 0.395 e. The quantitative estimate of drug-likeness (QED) is 0.674. The van der Waals surface area contributed by atoms with Crippen molar-refractivity contribution in [2.24, 2.45) is 0 Å². The molecule has 2 N–H and O–H groups in total. The van der Waals surface area contributed by atoms with E-state index in [4.69, 9.17) is 4.74 Å². The molecule has 0 amide bonds. The second-order valence-electron chi connectivity index (χ2n) is 5.07. The SMILES string of the molecule is COCCNCc1cccc(F)c1N(CCO)C1CC1. The van der Waals surface area contributed by atoms with Crippen LogP contribution in [0, 0.1) is 5.82 Å². The van der Waals surface area contributed by atoms with Gasteiger partial charge in [0, 0.05) is 32.8 Å². The normalized spacial score (nSPS) is 14.6. The molecule has 0 atom stereocenters. The van der Waals surface area contributed by atoms with Gasteiger partial charge in [0.25, 0.3) is 0 Å². The van der Waals surface area contributed by atoms with Gasteiger partial charge in [-0.05, 0) is 24.5 Å². The summed E-state index contributed by atoms with van der Waals surface area (Å²) in [6.45, 7) is 2.49. The van der Waals surface area contributed by atoms with Crippen molar-refractivity contribution in [2.45, 2.75) is 25.4 Å². The zero-order chi connectivity index (χ0) is 14.4. The molecule has 1 aliphatic carbocycles. The summed E-state index contributed by atoms with van der Waals surface area (Å²) in [5.41, 5.74) is 1.57. The van der Waals surface area contributed by atoms with E-state index in [0.717, 1.165) is 24.9 Å². The van der Waals surface area contributed by atoms with Crippen LogP contribution in [0.15, 0.2) is 18.2 Å². The van der Waals surface area contributed by atoms with Gasteiger partial charge in [-0.2, -0.15) is 0 Å². The maximum absolute atomic E-state index is 14.2. The first-order chi connectivity index (χ1) is 9.77. The van der Waals surface area contributed by atoms with Crippen LogP contribution in [-0.4, -0.2) is 44.6 Å². The van der Waals surface area contributed by atoms with Gasteiger partial charge in [-0.25, -0.2) is 4.39 Å². The minimum Gasteiger partial charge on any atom is -0.395 e. The minimum absolute atomic E-state index is 0.0430. The number of nitrogens with zero attached hydrogens (tertiary/aromatic N) is 1. The summed E-state index contributed by atoms with van der Waals surface area (Å²) in [6, 6.07) is 5.53. The molecule has 0 heterocycles. The van der Waals surface area contributed by atoms with Crippen LogP contribution in [-0.2, 0) is 11.3 Å². The molecule has 5 heteroatoms. The van der Waals surface area contributed by atoms with Gasteiger partial charge < -0.3 is 20.1 Å². The number of aliphatic hydroxyl groups is 1. The summed E-state index contributed by atoms with van der Waals surface area (Å²) in [5, 5.41) is 12.5.